The summed E-state index contributed by atoms with van der Waals surface area (Å²) in [5, 5.41) is 22.1. The van der Waals surface area contributed by atoms with Crippen molar-refractivity contribution in [1.82, 2.24) is 14.9 Å². The largest absolute Gasteiger partial charge is 0.495 e. The zero-order chi connectivity index (χ0) is 25.2. The predicted molar refractivity (Wildman–Crippen MR) is 128 cm³/mol. The zero-order valence-electron chi connectivity index (χ0n) is 20.4. The van der Waals surface area contributed by atoms with Crippen LogP contribution in [0.15, 0.2) is 18.2 Å². The third-order valence-corrected chi connectivity index (χ3v) is 5.87. The van der Waals surface area contributed by atoms with E-state index in [2.05, 4.69) is 22.2 Å². The number of benzene rings is 1. The second-order valence-electron chi connectivity index (χ2n) is 9.56. The number of halogens is 1. The summed E-state index contributed by atoms with van der Waals surface area (Å²) in [6, 6.07) is 6.17. The molecule has 1 amide bonds. The highest BCUT2D eigenvalue weighted by atomic mass is 19.1. The lowest BCUT2D eigenvalue weighted by Crippen LogP contribution is -2.58. The van der Waals surface area contributed by atoms with Gasteiger partial charge in [-0.1, -0.05) is 6.92 Å². The molecule has 1 aromatic carbocycles. The van der Waals surface area contributed by atoms with E-state index in [0.717, 1.165) is 6.42 Å². The van der Waals surface area contributed by atoms with Gasteiger partial charge in [0.15, 0.2) is 0 Å². The Kier molecular flexibility index (Phi) is 7.15. The van der Waals surface area contributed by atoms with Gasteiger partial charge in [-0.15, -0.1) is 0 Å². The maximum absolute atomic E-state index is 14.6. The third-order valence-electron chi connectivity index (χ3n) is 5.87. The second-order valence-corrected chi connectivity index (χ2v) is 9.56. The van der Waals surface area contributed by atoms with Gasteiger partial charge in [-0.25, -0.2) is 14.2 Å². The summed E-state index contributed by atoms with van der Waals surface area (Å²) in [7, 11) is 3.07. The molecular formula is C24H31FN6O3. The Morgan fingerprint density at radius 1 is 1.32 bits per heavy atom. The summed E-state index contributed by atoms with van der Waals surface area (Å²) in [5.74, 6) is 0.604. The number of methoxy groups -OCH3 is 1. The minimum absolute atomic E-state index is 0.123. The molecule has 2 heterocycles. The highest BCUT2D eigenvalue weighted by molar-refractivity contribution is 5.69. The molecule has 1 aliphatic heterocycles. The third kappa shape index (κ3) is 5.14. The van der Waals surface area contributed by atoms with Crippen molar-refractivity contribution >= 4 is 17.9 Å². The number of nitriles is 1. The molecule has 10 heteroatoms. The van der Waals surface area contributed by atoms with Crippen molar-refractivity contribution in [2.45, 2.75) is 45.7 Å². The highest BCUT2D eigenvalue weighted by Gasteiger charge is 2.38. The van der Waals surface area contributed by atoms with Gasteiger partial charge in [-0.2, -0.15) is 10.2 Å². The number of hydrogen-bond donors (Lipinski definition) is 2. The minimum Gasteiger partial charge on any atom is -0.495 e. The number of aromatic nitrogens is 2. The van der Waals surface area contributed by atoms with Crippen molar-refractivity contribution in [2.24, 2.45) is 5.92 Å². The standard InChI is InChI=1S/C24H31FN6O3/c1-14-7-16(31(23(32)33)24(2,3)4)13-30(12-14)21-10-19(28-22(27-5)29-21)15-8-18(25)17(11-26)20(9-15)34-6/h8-10,14,16H,7,12-13H2,1-6H3,(H,32,33)(H,27,28,29)/t14-,16-/m1/s1. The lowest BCUT2D eigenvalue weighted by Gasteiger charge is -2.46. The van der Waals surface area contributed by atoms with Crippen LogP contribution < -0.4 is 15.0 Å². The maximum Gasteiger partial charge on any atom is 0.408 e. The Morgan fingerprint density at radius 3 is 2.59 bits per heavy atom. The Bertz CT molecular complexity index is 1110. The van der Waals surface area contributed by atoms with E-state index in [4.69, 9.17) is 4.74 Å². The van der Waals surface area contributed by atoms with Crippen LogP contribution in [0.5, 0.6) is 5.75 Å². The van der Waals surface area contributed by atoms with Gasteiger partial charge in [0.1, 0.15) is 29.0 Å². The molecule has 182 valence electrons. The van der Waals surface area contributed by atoms with Gasteiger partial charge < -0.3 is 20.1 Å². The first-order valence-corrected chi connectivity index (χ1v) is 11.1. The van der Waals surface area contributed by atoms with Crippen LogP contribution in [0.1, 0.15) is 39.7 Å². The average molecular weight is 471 g/mol. The summed E-state index contributed by atoms with van der Waals surface area (Å²) < 4.78 is 19.8. The van der Waals surface area contributed by atoms with E-state index in [1.54, 1.807) is 19.2 Å². The Morgan fingerprint density at radius 2 is 2.03 bits per heavy atom. The topological polar surface area (TPSA) is 115 Å². The van der Waals surface area contributed by atoms with Gasteiger partial charge in [0, 0.05) is 37.3 Å². The number of piperidine rings is 1. The van der Waals surface area contributed by atoms with Crippen molar-refractivity contribution in [3.63, 3.8) is 0 Å². The molecule has 0 spiro atoms. The van der Waals surface area contributed by atoms with E-state index in [9.17, 15) is 19.6 Å². The quantitative estimate of drug-likeness (QED) is 0.668. The van der Waals surface area contributed by atoms with Gasteiger partial charge in [0.05, 0.1) is 18.8 Å². The first kappa shape index (κ1) is 25.0. The summed E-state index contributed by atoms with van der Waals surface area (Å²) in [6.45, 7) is 8.92. The molecule has 34 heavy (non-hydrogen) atoms. The van der Waals surface area contributed by atoms with Crippen molar-refractivity contribution < 1.29 is 19.0 Å². The first-order chi connectivity index (χ1) is 16.0. The van der Waals surface area contributed by atoms with Gasteiger partial charge >= 0.3 is 6.09 Å². The fraction of sp³-hybridized carbons (Fsp3) is 0.500. The number of amides is 1. The molecular weight excluding hydrogens is 439 g/mol. The Labute approximate surface area is 199 Å². The molecule has 0 aliphatic carbocycles. The highest BCUT2D eigenvalue weighted by Crippen LogP contribution is 2.33. The van der Waals surface area contributed by atoms with Crippen molar-refractivity contribution in [2.75, 3.05) is 37.5 Å². The number of nitrogens with one attached hydrogen (secondary N) is 1. The van der Waals surface area contributed by atoms with E-state index < -0.39 is 17.4 Å². The number of ether oxygens (including phenoxy) is 1. The van der Waals surface area contributed by atoms with Crippen molar-refractivity contribution in [1.29, 1.82) is 5.26 Å². The lowest BCUT2D eigenvalue weighted by molar-refractivity contribution is 0.0587. The van der Waals surface area contributed by atoms with E-state index in [1.807, 2.05) is 31.7 Å². The monoisotopic (exact) mass is 470 g/mol. The Balaban J connectivity index is 2.04. The van der Waals surface area contributed by atoms with Crippen molar-refractivity contribution in [3.8, 4) is 23.1 Å². The molecule has 1 aliphatic rings. The molecule has 0 radical (unpaired) electrons. The molecule has 0 bridgehead atoms. The zero-order valence-corrected chi connectivity index (χ0v) is 20.4. The van der Waals surface area contributed by atoms with Crippen LogP contribution >= 0.6 is 0 Å². The minimum atomic E-state index is -0.953. The molecule has 1 aromatic heterocycles. The fourth-order valence-electron chi connectivity index (χ4n) is 4.54. The van der Waals surface area contributed by atoms with Crippen LogP contribution in [-0.2, 0) is 0 Å². The number of carboxylic acid groups (broad SMARTS) is 1. The number of carbonyl (C=O) groups is 1. The van der Waals surface area contributed by atoms with Crippen LogP contribution in [-0.4, -0.2) is 64.9 Å². The number of nitrogens with zero attached hydrogens (tertiary/aromatic N) is 5. The maximum atomic E-state index is 14.6. The predicted octanol–water partition coefficient (Wildman–Crippen LogP) is 4.20. The SMILES string of the molecule is CNc1nc(-c2cc(F)c(C#N)c(OC)c2)cc(N2C[C@H](C)C[C@@H](N(C(=O)O)C(C)(C)C)C2)n1. The first-order valence-electron chi connectivity index (χ1n) is 11.1. The number of rotatable bonds is 5. The smallest absolute Gasteiger partial charge is 0.408 e. The van der Waals surface area contributed by atoms with Crippen LogP contribution in [0.25, 0.3) is 11.3 Å². The molecule has 2 atom stereocenters. The molecule has 1 saturated heterocycles. The lowest BCUT2D eigenvalue weighted by atomic mass is 9.91. The summed E-state index contributed by atoms with van der Waals surface area (Å²) in [4.78, 5) is 24.7. The van der Waals surface area contributed by atoms with Gasteiger partial charge in [0.25, 0.3) is 0 Å². The number of hydrogen-bond acceptors (Lipinski definition) is 7. The van der Waals surface area contributed by atoms with Crippen LogP contribution in [0.3, 0.4) is 0 Å². The fourth-order valence-corrected chi connectivity index (χ4v) is 4.54. The van der Waals surface area contributed by atoms with E-state index in [-0.39, 0.29) is 23.3 Å². The summed E-state index contributed by atoms with van der Waals surface area (Å²) >= 11 is 0. The summed E-state index contributed by atoms with van der Waals surface area (Å²) in [6.07, 6.45) is -0.208. The molecule has 0 unspecified atom stereocenters. The number of anilines is 2. The van der Waals surface area contributed by atoms with E-state index in [1.165, 1.54) is 18.1 Å². The molecule has 9 nitrogen and oxygen atoms in total. The van der Waals surface area contributed by atoms with Crippen LogP contribution in [0.4, 0.5) is 21.0 Å². The molecule has 2 N–H and O–H groups in total. The normalized spacial score (nSPS) is 18.2. The summed E-state index contributed by atoms with van der Waals surface area (Å²) in [5.41, 5.74) is 0.176. The van der Waals surface area contributed by atoms with Crippen molar-refractivity contribution in [3.05, 3.63) is 29.6 Å². The molecule has 3 rings (SSSR count). The van der Waals surface area contributed by atoms with Gasteiger partial charge in [-0.3, -0.25) is 4.90 Å². The van der Waals surface area contributed by atoms with Gasteiger partial charge in [0.2, 0.25) is 5.95 Å². The molecule has 2 aromatic rings. The van der Waals surface area contributed by atoms with Crippen LogP contribution in [0.2, 0.25) is 0 Å². The molecule has 1 fully saturated rings. The van der Waals surface area contributed by atoms with Crippen LogP contribution in [0, 0.1) is 23.1 Å². The Hall–Kier alpha value is -3.61. The van der Waals surface area contributed by atoms with E-state index in [0.29, 0.717) is 36.1 Å². The molecule has 0 saturated carbocycles. The second kappa shape index (κ2) is 9.71. The van der Waals surface area contributed by atoms with Gasteiger partial charge in [-0.05, 0) is 45.2 Å². The van der Waals surface area contributed by atoms with E-state index >= 15 is 0 Å². The average Bonchev–Trinajstić information content (AvgIpc) is 2.76.